The number of nitrogens with zero attached hydrogens (tertiary/aromatic N) is 4. The van der Waals surface area contributed by atoms with Gasteiger partial charge in [-0.15, -0.1) is 5.10 Å². The molecule has 0 saturated heterocycles. The number of hydrogen-bond donors (Lipinski definition) is 0. The Morgan fingerprint density at radius 3 is 2.71 bits per heavy atom. The SMILES string of the molecule is [CH2-]n1nnc(-c2cccc(Br)c2)n1.[Na+]. The average molecular weight is 261 g/mol. The largest absolute Gasteiger partial charge is 1.00 e. The predicted octanol–water partition coefficient (Wildman–Crippen LogP) is -1.25. The molecule has 1 aromatic carbocycles. The Kier molecular flexibility index (Phi) is 4.12. The fourth-order valence-electron chi connectivity index (χ4n) is 0.986. The van der Waals surface area contributed by atoms with Crippen LogP contribution in [0.1, 0.15) is 0 Å². The molecule has 1 heterocycles. The Labute approximate surface area is 112 Å². The van der Waals surface area contributed by atoms with Gasteiger partial charge in [0.1, 0.15) is 0 Å². The van der Waals surface area contributed by atoms with E-state index in [0.29, 0.717) is 5.82 Å². The van der Waals surface area contributed by atoms with Crippen LogP contribution in [0.2, 0.25) is 0 Å². The van der Waals surface area contributed by atoms with Gasteiger partial charge < -0.3 is 4.80 Å². The molecule has 1 aromatic heterocycles. The third-order valence-corrected chi connectivity index (χ3v) is 2.03. The van der Waals surface area contributed by atoms with Crippen molar-refractivity contribution >= 4 is 15.9 Å². The van der Waals surface area contributed by atoms with E-state index in [4.69, 9.17) is 0 Å². The quantitative estimate of drug-likeness (QED) is 0.475. The van der Waals surface area contributed by atoms with Crippen molar-refractivity contribution in [3.8, 4) is 11.4 Å². The van der Waals surface area contributed by atoms with Crippen LogP contribution in [-0.4, -0.2) is 20.2 Å². The first kappa shape index (κ1) is 11.7. The summed E-state index contributed by atoms with van der Waals surface area (Å²) in [5.74, 6) is 0.580. The van der Waals surface area contributed by atoms with Gasteiger partial charge in [0.15, 0.2) is 0 Å². The third kappa shape index (κ3) is 2.57. The van der Waals surface area contributed by atoms with Gasteiger partial charge in [0.25, 0.3) is 0 Å². The summed E-state index contributed by atoms with van der Waals surface area (Å²) in [7, 11) is 3.51. The van der Waals surface area contributed by atoms with Crippen molar-refractivity contribution in [2.75, 3.05) is 0 Å². The average Bonchev–Trinajstić information content (AvgIpc) is 2.52. The molecule has 0 amide bonds. The van der Waals surface area contributed by atoms with Crippen LogP contribution < -0.4 is 29.6 Å². The fraction of sp³-hybridized carbons (Fsp3) is 0. The van der Waals surface area contributed by atoms with Crippen LogP contribution >= 0.6 is 15.9 Å². The summed E-state index contributed by atoms with van der Waals surface area (Å²) in [5, 5.41) is 11.5. The molecule has 66 valence electrons. The summed E-state index contributed by atoms with van der Waals surface area (Å²) in [6.45, 7) is 0. The van der Waals surface area contributed by atoms with Crippen molar-refractivity contribution in [3.05, 3.63) is 35.8 Å². The molecule has 0 saturated carbocycles. The number of benzene rings is 1. The summed E-state index contributed by atoms with van der Waals surface area (Å²) < 4.78 is 0.991. The maximum absolute atomic E-state index is 3.98. The van der Waals surface area contributed by atoms with E-state index in [9.17, 15) is 0 Å². The molecule has 0 unspecified atom stereocenters. The first-order valence-electron chi connectivity index (χ1n) is 3.62. The summed E-state index contributed by atoms with van der Waals surface area (Å²) in [4.78, 5) is 1.19. The van der Waals surface area contributed by atoms with Gasteiger partial charge in [0.2, 0.25) is 5.82 Å². The van der Waals surface area contributed by atoms with E-state index in [1.807, 2.05) is 24.3 Å². The minimum Gasteiger partial charge on any atom is -0.301 e. The molecule has 4 nitrogen and oxygen atoms in total. The Balaban J connectivity index is 0.000000980. The van der Waals surface area contributed by atoms with E-state index >= 15 is 0 Å². The molecule has 0 atom stereocenters. The van der Waals surface area contributed by atoms with Gasteiger partial charge in [-0.05, 0) is 12.1 Å². The molecule has 0 aliphatic rings. The molecule has 0 spiro atoms. The van der Waals surface area contributed by atoms with Crippen molar-refractivity contribution in [1.82, 2.24) is 20.2 Å². The number of aromatic nitrogens is 4. The summed E-state index contributed by atoms with van der Waals surface area (Å²) >= 11 is 3.37. The smallest absolute Gasteiger partial charge is 0.301 e. The van der Waals surface area contributed by atoms with E-state index in [0.717, 1.165) is 10.0 Å². The van der Waals surface area contributed by atoms with E-state index in [1.54, 1.807) is 0 Å². The molecular formula is C8H6BrN4Na. The maximum Gasteiger partial charge on any atom is 1.00 e. The number of tetrazole rings is 1. The van der Waals surface area contributed by atoms with E-state index < -0.39 is 0 Å². The second kappa shape index (κ2) is 4.93. The minimum atomic E-state index is 0. The first-order chi connectivity index (χ1) is 6.25. The van der Waals surface area contributed by atoms with Crippen molar-refractivity contribution in [3.63, 3.8) is 0 Å². The van der Waals surface area contributed by atoms with Crippen LogP contribution in [0.4, 0.5) is 0 Å². The zero-order valence-electron chi connectivity index (χ0n) is 7.68. The van der Waals surface area contributed by atoms with Crippen LogP contribution in [0.15, 0.2) is 28.7 Å². The zero-order chi connectivity index (χ0) is 9.26. The molecule has 0 aliphatic carbocycles. The Morgan fingerprint density at radius 1 is 1.36 bits per heavy atom. The molecule has 14 heavy (non-hydrogen) atoms. The number of rotatable bonds is 1. The van der Waals surface area contributed by atoms with Crippen molar-refractivity contribution < 1.29 is 29.6 Å². The Morgan fingerprint density at radius 2 is 2.14 bits per heavy atom. The molecule has 6 heteroatoms. The van der Waals surface area contributed by atoms with Crippen LogP contribution in [0.3, 0.4) is 0 Å². The van der Waals surface area contributed by atoms with Crippen LogP contribution in [0.25, 0.3) is 11.4 Å². The molecule has 0 N–H and O–H groups in total. The summed E-state index contributed by atoms with van der Waals surface area (Å²) in [6.07, 6.45) is 0. The van der Waals surface area contributed by atoms with Gasteiger partial charge in [-0.1, -0.05) is 33.3 Å². The fourth-order valence-corrected chi connectivity index (χ4v) is 1.39. The van der Waals surface area contributed by atoms with Crippen molar-refractivity contribution in [1.29, 1.82) is 0 Å². The molecule has 2 aromatic rings. The van der Waals surface area contributed by atoms with Gasteiger partial charge in [0.05, 0.1) is 0 Å². The zero-order valence-corrected chi connectivity index (χ0v) is 11.3. The van der Waals surface area contributed by atoms with Crippen LogP contribution in [-0.2, 0) is 0 Å². The van der Waals surface area contributed by atoms with E-state index in [2.05, 4.69) is 38.4 Å². The molecular weight excluding hydrogens is 255 g/mol. The normalized spacial score (nSPS) is 9.50. The maximum atomic E-state index is 3.98. The van der Waals surface area contributed by atoms with E-state index in [1.165, 1.54) is 4.80 Å². The summed E-state index contributed by atoms with van der Waals surface area (Å²) in [5.41, 5.74) is 0.921. The van der Waals surface area contributed by atoms with Crippen LogP contribution in [0.5, 0.6) is 0 Å². The van der Waals surface area contributed by atoms with E-state index in [-0.39, 0.29) is 29.6 Å². The molecule has 0 bridgehead atoms. The molecule has 0 fully saturated rings. The first-order valence-corrected chi connectivity index (χ1v) is 4.42. The minimum absolute atomic E-state index is 0. The number of halogens is 1. The van der Waals surface area contributed by atoms with Crippen molar-refractivity contribution in [2.45, 2.75) is 0 Å². The van der Waals surface area contributed by atoms with Gasteiger partial charge >= 0.3 is 29.6 Å². The van der Waals surface area contributed by atoms with Gasteiger partial charge in [0, 0.05) is 10.0 Å². The van der Waals surface area contributed by atoms with Gasteiger partial charge in [-0.25, -0.2) is 0 Å². The molecule has 0 radical (unpaired) electrons. The van der Waals surface area contributed by atoms with Crippen molar-refractivity contribution in [2.24, 2.45) is 0 Å². The van der Waals surface area contributed by atoms with Gasteiger partial charge in [-0.2, -0.15) is 5.10 Å². The standard InChI is InChI=1S/C8H6BrN4.Na/c1-13-11-8(10-12-13)6-3-2-4-7(9)5-6;/h2-5H,1H2;/q-1;+1. The molecule has 0 aliphatic heterocycles. The molecule has 2 rings (SSSR count). The second-order valence-corrected chi connectivity index (χ2v) is 3.41. The summed E-state index contributed by atoms with van der Waals surface area (Å²) in [6, 6.07) is 7.71. The number of hydrogen-bond acceptors (Lipinski definition) is 3. The Hall–Kier alpha value is -0.360. The topological polar surface area (TPSA) is 43.6 Å². The third-order valence-electron chi connectivity index (χ3n) is 1.54. The predicted molar refractivity (Wildman–Crippen MR) is 51.7 cm³/mol. The second-order valence-electron chi connectivity index (χ2n) is 2.50. The Bertz CT molecular complexity index is 429. The monoisotopic (exact) mass is 260 g/mol. The van der Waals surface area contributed by atoms with Crippen LogP contribution in [0, 0.1) is 7.05 Å². The van der Waals surface area contributed by atoms with Gasteiger partial charge in [-0.3, -0.25) is 7.05 Å².